The zero-order chi connectivity index (χ0) is 34.2. The van der Waals surface area contributed by atoms with Crippen molar-refractivity contribution in [3.8, 4) is 0 Å². The fourth-order valence-corrected chi connectivity index (χ4v) is 7.02. The Morgan fingerprint density at radius 3 is 2.71 bits per heavy atom. The van der Waals surface area contributed by atoms with Crippen LogP contribution in [0.25, 0.3) is 0 Å². The number of Topliss-reactive ketones (excluding diaryl/α,β-unsaturated/α-hetero) is 1. The molecule has 48 heavy (non-hydrogen) atoms. The van der Waals surface area contributed by atoms with E-state index in [0.29, 0.717) is 49.0 Å². The average Bonchev–Trinajstić information content (AvgIpc) is 3.62. The number of nitrogens with zero attached hydrogens (tertiary/aromatic N) is 6. The molecule has 0 spiro atoms. The molecule has 3 unspecified atom stereocenters. The van der Waals surface area contributed by atoms with Crippen molar-refractivity contribution >= 4 is 46.5 Å². The van der Waals surface area contributed by atoms with Crippen LogP contribution in [0, 0.1) is 16.0 Å². The Hall–Kier alpha value is -4.92. The third kappa shape index (κ3) is 8.51. The number of carbonyl (C=O) groups is 4. The summed E-state index contributed by atoms with van der Waals surface area (Å²) in [6.45, 7) is 2.75. The van der Waals surface area contributed by atoms with Gasteiger partial charge in [0.15, 0.2) is 11.0 Å². The summed E-state index contributed by atoms with van der Waals surface area (Å²) in [6, 6.07) is 4.34. The van der Waals surface area contributed by atoms with Crippen LogP contribution in [0.5, 0.6) is 0 Å². The fraction of sp³-hybridized carbons (Fsp3) is 0.455. The van der Waals surface area contributed by atoms with E-state index in [1.165, 1.54) is 33.3 Å². The Kier molecular flexibility index (Phi) is 11.3. The number of hydrogen-bond acceptors (Lipinski definition) is 11. The molecule has 3 atom stereocenters. The zero-order valence-electron chi connectivity index (χ0n) is 26.8. The number of amides is 3. The minimum absolute atomic E-state index is 0.00226. The highest BCUT2D eigenvalue weighted by atomic mass is 32.1. The van der Waals surface area contributed by atoms with E-state index in [9.17, 15) is 29.3 Å². The van der Waals surface area contributed by atoms with Gasteiger partial charge in [-0.05, 0) is 56.6 Å². The highest BCUT2D eigenvalue weighted by Gasteiger charge is 2.41. The molecule has 0 saturated carbocycles. The number of rotatable bonds is 8. The maximum absolute atomic E-state index is 14.0. The number of nitrogens with one attached hydrogen (secondary N) is 1. The number of guanidine groups is 1. The van der Waals surface area contributed by atoms with Crippen LogP contribution >= 0.6 is 11.3 Å². The average molecular weight is 677 g/mol. The number of piperidine rings is 1. The molecule has 254 valence electrons. The summed E-state index contributed by atoms with van der Waals surface area (Å²) in [5.41, 5.74) is 7.91. The number of piperazine rings is 1. The number of hydrogen-bond donors (Lipinski definition) is 2. The van der Waals surface area contributed by atoms with Gasteiger partial charge in [0.05, 0.1) is 17.5 Å². The van der Waals surface area contributed by atoms with Crippen molar-refractivity contribution in [2.75, 3.05) is 32.7 Å². The lowest BCUT2D eigenvalue weighted by Crippen LogP contribution is -2.62. The molecule has 1 aromatic carbocycles. The number of carbonyl (C=O) groups excluding carboxylic acids is 4. The number of aromatic nitrogens is 1. The van der Waals surface area contributed by atoms with Crippen LogP contribution in [0.3, 0.4) is 0 Å². The summed E-state index contributed by atoms with van der Waals surface area (Å²) in [5.74, 6) is -1.21. The van der Waals surface area contributed by atoms with Gasteiger partial charge in [-0.2, -0.15) is 0 Å². The smallest absolute Gasteiger partial charge is 0.269 e. The number of fused-ring (bicyclic) bond motifs is 3. The van der Waals surface area contributed by atoms with Crippen molar-refractivity contribution in [1.82, 2.24) is 25.0 Å². The lowest BCUT2D eigenvalue weighted by Gasteiger charge is -2.41. The van der Waals surface area contributed by atoms with Gasteiger partial charge in [-0.15, -0.1) is 11.3 Å². The first-order valence-electron chi connectivity index (χ1n) is 16.1. The van der Waals surface area contributed by atoms with Crippen molar-refractivity contribution in [3.05, 3.63) is 80.5 Å². The predicted molar refractivity (Wildman–Crippen MR) is 180 cm³/mol. The van der Waals surface area contributed by atoms with E-state index in [1.807, 2.05) is 17.9 Å². The first-order valence-corrected chi connectivity index (χ1v) is 17.0. The Balaban J connectivity index is 1.41. The molecule has 2 bridgehead atoms. The second kappa shape index (κ2) is 15.8. The standard InChI is InChI=1S/C33H40N8O6S/c1-2-3-8-24-18-27-32(45)38(14-4-6-22-9-11-25(12-10-22)41(46)47)21-29(43)40(27)20-28(42)37-26(30(44)31-35-13-16-48-31)17-23-7-5-15-39(19-23)33(34)36-24/h2-3,8-13,16,23,26-27H,4-7,14-15,17-21H2,1H3,(H2,34,36)(H,37,42)/b3-2-,24-8-. The van der Waals surface area contributed by atoms with E-state index in [4.69, 9.17) is 10.7 Å². The molecular weight excluding hydrogens is 636 g/mol. The van der Waals surface area contributed by atoms with Crippen molar-refractivity contribution in [1.29, 1.82) is 0 Å². The van der Waals surface area contributed by atoms with Crippen LogP contribution in [-0.4, -0.2) is 98.9 Å². The molecule has 5 rings (SSSR count). The van der Waals surface area contributed by atoms with Crippen molar-refractivity contribution < 1.29 is 24.1 Å². The summed E-state index contributed by atoms with van der Waals surface area (Å²) in [5, 5.41) is 15.9. The molecule has 4 heterocycles. The number of aliphatic imine (C=N–C) groups is 1. The van der Waals surface area contributed by atoms with Gasteiger partial charge >= 0.3 is 0 Å². The number of nitro benzene ring substituents is 1. The van der Waals surface area contributed by atoms with Crippen molar-refractivity contribution in [2.24, 2.45) is 16.6 Å². The maximum atomic E-state index is 14.0. The predicted octanol–water partition coefficient (Wildman–Crippen LogP) is 2.67. The fourth-order valence-electron chi connectivity index (χ4n) is 6.39. The van der Waals surface area contributed by atoms with E-state index in [0.717, 1.165) is 18.4 Å². The minimum atomic E-state index is -1.03. The van der Waals surface area contributed by atoms with E-state index < -0.39 is 35.4 Å². The van der Waals surface area contributed by atoms with Gasteiger partial charge in [0.2, 0.25) is 23.5 Å². The van der Waals surface area contributed by atoms with Gasteiger partial charge in [-0.25, -0.2) is 9.98 Å². The number of nitro groups is 1. The molecule has 2 saturated heterocycles. The number of nitrogens with two attached hydrogens (primary N) is 1. The minimum Gasteiger partial charge on any atom is -0.369 e. The largest absolute Gasteiger partial charge is 0.369 e. The molecule has 0 aliphatic carbocycles. The number of aryl methyl sites for hydroxylation is 1. The van der Waals surface area contributed by atoms with Gasteiger partial charge in [-0.1, -0.05) is 24.3 Å². The quantitative estimate of drug-likeness (QED) is 0.241. The number of ketones is 1. The number of thiazole rings is 1. The van der Waals surface area contributed by atoms with E-state index in [2.05, 4.69) is 10.3 Å². The molecule has 3 amide bonds. The molecule has 0 radical (unpaired) electrons. The van der Waals surface area contributed by atoms with Crippen LogP contribution in [0.4, 0.5) is 5.69 Å². The molecule has 14 nitrogen and oxygen atoms in total. The van der Waals surface area contributed by atoms with Gasteiger partial charge in [-0.3, -0.25) is 29.3 Å². The lowest BCUT2D eigenvalue weighted by atomic mass is 9.90. The number of non-ortho nitro benzene ring substituents is 1. The van der Waals surface area contributed by atoms with Gasteiger partial charge < -0.3 is 25.8 Å². The second-order valence-electron chi connectivity index (χ2n) is 12.2. The molecular formula is C33H40N8O6S. The lowest BCUT2D eigenvalue weighted by molar-refractivity contribution is -0.384. The van der Waals surface area contributed by atoms with Crippen LogP contribution in [-0.2, 0) is 20.8 Å². The molecule has 2 aromatic rings. The maximum Gasteiger partial charge on any atom is 0.269 e. The van der Waals surface area contributed by atoms with Crippen LogP contribution in [0.2, 0.25) is 0 Å². The van der Waals surface area contributed by atoms with Crippen molar-refractivity contribution in [3.63, 3.8) is 0 Å². The van der Waals surface area contributed by atoms with Gasteiger partial charge in [0.1, 0.15) is 12.6 Å². The van der Waals surface area contributed by atoms with Crippen LogP contribution in [0.15, 0.2) is 64.8 Å². The van der Waals surface area contributed by atoms with Crippen LogP contribution in [0.1, 0.15) is 54.4 Å². The highest BCUT2D eigenvalue weighted by molar-refractivity contribution is 7.11. The first-order chi connectivity index (χ1) is 23.1. The summed E-state index contributed by atoms with van der Waals surface area (Å²) >= 11 is 1.20. The third-order valence-electron chi connectivity index (χ3n) is 8.82. The Morgan fingerprint density at radius 2 is 2.00 bits per heavy atom. The zero-order valence-corrected chi connectivity index (χ0v) is 27.6. The molecule has 3 aliphatic rings. The summed E-state index contributed by atoms with van der Waals surface area (Å²) in [4.78, 5) is 78.9. The molecule has 1 aromatic heterocycles. The Labute approximate surface area is 282 Å². The third-order valence-corrected chi connectivity index (χ3v) is 9.61. The van der Waals surface area contributed by atoms with Crippen LogP contribution < -0.4 is 11.1 Å². The second-order valence-corrected chi connectivity index (χ2v) is 13.1. The Morgan fingerprint density at radius 1 is 1.21 bits per heavy atom. The topological polar surface area (TPSA) is 184 Å². The van der Waals surface area contributed by atoms with E-state index in [-0.39, 0.29) is 42.8 Å². The SMILES string of the molecule is C/C=C\C=C1\CC2C(=O)N(CCCc3ccc([N+](=O)[O-])cc3)CC(=O)N2CC(=O)NC(C(=O)c2nccs2)CC2CCCN(C2)C(N)=N1. The molecule has 3 aliphatic heterocycles. The molecule has 2 fully saturated rings. The van der Waals surface area contributed by atoms with Gasteiger partial charge in [0.25, 0.3) is 5.69 Å². The summed E-state index contributed by atoms with van der Waals surface area (Å²) < 4.78 is 0. The summed E-state index contributed by atoms with van der Waals surface area (Å²) in [7, 11) is 0. The number of benzene rings is 1. The molecule has 3 N–H and O–H groups in total. The number of allylic oxidation sites excluding steroid dienone is 3. The highest BCUT2D eigenvalue weighted by Crippen LogP contribution is 2.26. The Bertz CT molecular complexity index is 1610. The van der Waals surface area contributed by atoms with E-state index in [1.54, 1.807) is 35.9 Å². The van der Waals surface area contributed by atoms with E-state index >= 15 is 0 Å². The van der Waals surface area contributed by atoms with Gasteiger partial charge in [0, 0.05) is 55.5 Å². The molecule has 15 heteroatoms. The van der Waals surface area contributed by atoms with Crippen molar-refractivity contribution in [2.45, 2.75) is 57.5 Å². The monoisotopic (exact) mass is 676 g/mol. The first kappa shape index (κ1) is 34.4. The normalized spacial score (nSPS) is 23.5. The summed E-state index contributed by atoms with van der Waals surface area (Å²) in [6.07, 6.45) is 10.1.